The Labute approximate surface area is 336 Å². The molecule has 0 amide bonds. The van der Waals surface area contributed by atoms with E-state index in [2.05, 4.69) is 184 Å². The van der Waals surface area contributed by atoms with Crippen LogP contribution in [0, 0.1) is 13.8 Å². The van der Waals surface area contributed by atoms with Gasteiger partial charge in [-0.25, -0.2) is 0 Å². The molecule has 8 rings (SSSR count). The first-order valence-corrected chi connectivity index (χ1v) is 18.4. The summed E-state index contributed by atoms with van der Waals surface area (Å²) >= 11 is 0. The van der Waals surface area contributed by atoms with Gasteiger partial charge in [-0.1, -0.05) is 168 Å². The van der Waals surface area contributed by atoms with Crippen LogP contribution in [-0.2, 0) is 21.7 Å². The fraction of sp³-hybridized carbons (Fsp3) is 0.191. The normalized spacial score (nSPS) is 10.0. The predicted octanol–water partition coefficient (Wildman–Crippen LogP) is 8.17. The average Bonchev–Trinajstić information content (AvgIpc) is 3.66. The van der Waals surface area contributed by atoms with Crippen LogP contribution < -0.4 is 24.8 Å². The van der Waals surface area contributed by atoms with Gasteiger partial charge in [0.05, 0.1) is 0 Å². The number of unbranched alkanes of at least 4 members (excludes halogenated alkanes) is 3. The molecule has 0 N–H and O–H groups in total. The van der Waals surface area contributed by atoms with Crippen molar-refractivity contribution in [2.75, 3.05) is 0 Å². The Morgan fingerprint density at radius 2 is 0.745 bits per heavy atom. The van der Waals surface area contributed by atoms with Crippen LogP contribution in [0.15, 0.2) is 146 Å². The van der Waals surface area contributed by atoms with E-state index in [9.17, 15) is 0 Å². The number of fused-ring (bicyclic) bond motifs is 4. The van der Waals surface area contributed by atoms with Crippen molar-refractivity contribution in [2.24, 2.45) is 0 Å². The fourth-order valence-electron chi connectivity index (χ4n) is 6.84. The van der Waals surface area contributed by atoms with Crippen molar-refractivity contribution in [3.63, 3.8) is 0 Å². The third-order valence-electron chi connectivity index (χ3n) is 9.07. The minimum atomic E-state index is 0. The quantitative estimate of drug-likeness (QED) is 0.0945. The molecule has 8 aromatic carbocycles. The molecule has 0 aliphatic carbocycles. The maximum Gasteiger partial charge on any atom is 4.00 e. The van der Waals surface area contributed by atoms with Gasteiger partial charge in [0, 0.05) is 10.2 Å². The zero-order chi connectivity index (χ0) is 33.9. The molecular formula is C47H47Cl2SiTi. The first-order valence-electron chi connectivity index (χ1n) is 17.4. The molecular weight excluding hydrogens is 711 g/mol. The molecule has 0 aliphatic rings. The van der Waals surface area contributed by atoms with Gasteiger partial charge in [-0.15, -0.1) is 92.3 Å². The molecule has 257 valence electrons. The molecule has 0 heterocycles. The molecule has 0 aliphatic heterocycles. The van der Waals surface area contributed by atoms with Gasteiger partial charge >= 0.3 is 21.7 Å². The summed E-state index contributed by atoms with van der Waals surface area (Å²) in [7, 11) is 2.97. The van der Waals surface area contributed by atoms with Gasteiger partial charge in [0.15, 0.2) is 0 Å². The van der Waals surface area contributed by atoms with E-state index in [1.54, 1.807) is 6.55 Å². The number of rotatable bonds is 5. The van der Waals surface area contributed by atoms with Crippen molar-refractivity contribution in [1.82, 2.24) is 0 Å². The Hall–Kier alpha value is -3.43. The third kappa shape index (κ3) is 10.1. The van der Waals surface area contributed by atoms with Crippen LogP contribution in [0.1, 0.15) is 50.7 Å². The van der Waals surface area contributed by atoms with Crippen molar-refractivity contribution in [3.05, 3.63) is 157 Å². The molecule has 0 spiro atoms. The molecule has 0 aromatic heterocycles. The van der Waals surface area contributed by atoms with Crippen LogP contribution in [0.3, 0.4) is 0 Å². The van der Waals surface area contributed by atoms with Gasteiger partial charge in [-0.05, 0) is 21.5 Å². The number of halogens is 2. The Morgan fingerprint density at radius 3 is 1.12 bits per heavy atom. The molecule has 0 unspecified atom stereocenters. The molecule has 4 heteroatoms. The van der Waals surface area contributed by atoms with Crippen molar-refractivity contribution in [3.8, 4) is 22.3 Å². The van der Waals surface area contributed by atoms with Crippen LogP contribution in [0.25, 0.3) is 65.3 Å². The number of hydrogen-bond acceptors (Lipinski definition) is 0. The molecule has 8 aromatic rings. The Kier molecular flexibility index (Phi) is 18.7. The summed E-state index contributed by atoms with van der Waals surface area (Å²) in [5.41, 5.74) is 8.11. The van der Waals surface area contributed by atoms with E-state index < -0.39 is 0 Å². The minimum Gasteiger partial charge on any atom is -1.00 e. The van der Waals surface area contributed by atoms with Gasteiger partial charge < -0.3 is 24.8 Å². The van der Waals surface area contributed by atoms with Crippen LogP contribution >= 0.6 is 0 Å². The first-order chi connectivity index (χ1) is 23.6. The van der Waals surface area contributed by atoms with E-state index in [0.717, 1.165) is 0 Å². The maximum atomic E-state index is 2.97. The maximum absolute atomic E-state index is 2.97. The van der Waals surface area contributed by atoms with E-state index in [4.69, 9.17) is 0 Å². The van der Waals surface area contributed by atoms with Crippen LogP contribution in [0.4, 0.5) is 0 Å². The molecule has 3 radical (unpaired) electrons. The number of hydrogen-bond donors (Lipinski definition) is 0. The van der Waals surface area contributed by atoms with Crippen molar-refractivity contribution < 1.29 is 46.5 Å². The molecule has 51 heavy (non-hydrogen) atoms. The van der Waals surface area contributed by atoms with E-state index in [-0.39, 0.29) is 46.5 Å². The van der Waals surface area contributed by atoms with Gasteiger partial charge in [0.2, 0.25) is 0 Å². The van der Waals surface area contributed by atoms with Crippen molar-refractivity contribution in [1.29, 1.82) is 0 Å². The molecule has 0 saturated carbocycles. The second-order valence-electron chi connectivity index (χ2n) is 12.3. The Morgan fingerprint density at radius 1 is 0.431 bits per heavy atom. The summed E-state index contributed by atoms with van der Waals surface area (Å²) < 4.78 is 0. The molecule has 0 fully saturated rings. The van der Waals surface area contributed by atoms with Gasteiger partial charge in [0.1, 0.15) is 0 Å². The minimum absolute atomic E-state index is 0. The molecule has 0 saturated heterocycles. The smallest absolute Gasteiger partial charge is 1.00 e. The van der Waals surface area contributed by atoms with Crippen LogP contribution in [0.5, 0.6) is 0 Å². The summed E-state index contributed by atoms with van der Waals surface area (Å²) in [4.78, 5) is 0. The zero-order valence-corrected chi connectivity index (χ0v) is 34.5. The number of aryl methyl sites for hydroxylation is 2. The SMILES string of the molecule is CCCCCC.C[Si].Cc1[cH-]c2ccccc2c1-c1cccc2ccccc12.Cc1[cH-]c2ccccc2c1-c1cccc2ccccc12.[Cl-].[Cl-].[Ti+4]. The van der Waals surface area contributed by atoms with E-state index in [0.29, 0.717) is 0 Å². The monoisotopic (exact) mass is 757 g/mol. The molecule has 0 atom stereocenters. The fourth-order valence-corrected chi connectivity index (χ4v) is 6.84. The average molecular weight is 759 g/mol. The second kappa shape index (κ2) is 21.8. The Balaban J connectivity index is 0.000000280. The summed E-state index contributed by atoms with van der Waals surface area (Å²) in [6.45, 7) is 10.7. The van der Waals surface area contributed by atoms with Crippen molar-refractivity contribution in [2.45, 2.75) is 59.9 Å². The Bertz CT molecular complexity index is 2060. The predicted molar refractivity (Wildman–Crippen MR) is 216 cm³/mol. The third-order valence-corrected chi connectivity index (χ3v) is 9.07. The van der Waals surface area contributed by atoms with Crippen LogP contribution in [-0.4, -0.2) is 10.2 Å². The van der Waals surface area contributed by atoms with Gasteiger partial charge in [-0.3, -0.25) is 0 Å². The summed E-state index contributed by atoms with van der Waals surface area (Å²) in [6.07, 6.45) is 5.54. The van der Waals surface area contributed by atoms with Crippen molar-refractivity contribution >= 4 is 53.3 Å². The van der Waals surface area contributed by atoms with Gasteiger partial charge in [0.25, 0.3) is 0 Å². The standard InChI is InChI=1S/2C20H15.C6H14.CH3Si.2ClH.Ti/c2*1-14-13-16-8-3-5-11-18(16)20(14)19-12-6-9-15-7-2-4-10-17(15)19;1-3-5-6-4-2;1-2;;;/h2*2-13H,1H3;3-6H2,1-2H3;1H3;2*1H;/q2*-1;;;;;+4/p-2. The summed E-state index contributed by atoms with van der Waals surface area (Å²) in [6, 6.07) is 52.2. The second-order valence-corrected chi connectivity index (χ2v) is 12.3. The van der Waals surface area contributed by atoms with E-state index >= 15 is 0 Å². The topological polar surface area (TPSA) is 0 Å². The van der Waals surface area contributed by atoms with E-state index in [1.165, 1.54) is 102 Å². The largest absolute Gasteiger partial charge is 4.00 e. The molecule has 0 nitrogen and oxygen atoms in total. The molecule has 0 bridgehead atoms. The first kappa shape index (κ1) is 43.7. The zero-order valence-electron chi connectivity index (χ0n) is 30.4. The van der Waals surface area contributed by atoms with Crippen LogP contribution in [0.2, 0.25) is 6.55 Å². The van der Waals surface area contributed by atoms with E-state index in [1.807, 2.05) is 0 Å². The number of benzene rings is 6. The summed E-state index contributed by atoms with van der Waals surface area (Å²) in [5, 5.41) is 10.6. The summed E-state index contributed by atoms with van der Waals surface area (Å²) in [5.74, 6) is 0. The van der Waals surface area contributed by atoms with Gasteiger partial charge in [-0.2, -0.15) is 0 Å².